The molecule has 0 aliphatic rings. The van der Waals surface area contributed by atoms with Gasteiger partial charge in [-0.1, -0.05) is 58.7 Å². The second-order valence-corrected chi connectivity index (χ2v) is 10.5. The van der Waals surface area contributed by atoms with Gasteiger partial charge >= 0.3 is 0 Å². The summed E-state index contributed by atoms with van der Waals surface area (Å²) >= 11 is 0. The Labute approximate surface area is 156 Å². The van der Waals surface area contributed by atoms with Gasteiger partial charge in [-0.15, -0.1) is 0 Å². The van der Waals surface area contributed by atoms with Crippen LogP contribution in [0.1, 0.15) is 80.9 Å². The highest BCUT2D eigenvalue weighted by Gasteiger charge is 2.27. The van der Waals surface area contributed by atoms with Crippen molar-refractivity contribution in [3.8, 4) is 0 Å². The highest BCUT2D eigenvalue weighted by molar-refractivity contribution is 7.71. The van der Waals surface area contributed by atoms with Crippen LogP contribution in [-0.2, 0) is 4.52 Å². The van der Waals surface area contributed by atoms with Crippen LogP contribution in [0.2, 0.25) is 0 Å². The molecule has 0 aromatic heterocycles. The van der Waals surface area contributed by atoms with E-state index in [-0.39, 0.29) is 10.9 Å². The van der Waals surface area contributed by atoms with Crippen molar-refractivity contribution in [1.82, 2.24) is 0 Å². The van der Waals surface area contributed by atoms with Crippen LogP contribution in [0.3, 0.4) is 0 Å². The summed E-state index contributed by atoms with van der Waals surface area (Å²) in [6.07, 6.45) is 4.09. The molecule has 1 rings (SSSR count). The molecule has 0 saturated heterocycles. The third-order valence-corrected chi connectivity index (χ3v) is 6.43. The predicted octanol–water partition coefficient (Wildman–Crippen LogP) is 7.04. The summed E-state index contributed by atoms with van der Waals surface area (Å²) in [6, 6.07) is 4.22. The van der Waals surface area contributed by atoms with Gasteiger partial charge in [0, 0.05) is 11.7 Å². The smallest absolute Gasteiger partial charge is 0.212 e. The number of hydrogen-bond acceptors (Lipinski definition) is 2. The minimum Gasteiger partial charge on any atom is -0.351 e. The van der Waals surface area contributed by atoms with Crippen LogP contribution in [0.5, 0.6) is 0 Å². The van der Waals surface area contributed by atoms with Gasteiger partial charge in [-0.25, -0.2) is 0 Å². The Morgan fingerprint density at radius 2 is 1.72 bits per heavy atom. The Kier molecular flexibility index (Phi) is 8.78. The first-order valence-corrected chi connectivity index (χ1v) is 11.0. The normalized spacial score (nSPS) is 14.4. The van der Waals surface area contributed by atoms with Crippen LogP contribution in [0.15, 0.2) is 12.1 Å². The molecule has 0 aliphatic carbocycles. The van der Waals surface area contributed by atoms with Crippen LogP contribution in [0.25, 0.3) is 0 Å². The van der Waals surface area contributed by atoms with Crippen LogP contribution < -0.4 is 0 Å². The summed E-state index contributed by atoms with van der Waals surface area (Å²) < 4.78 is 6.14. The van der Waals surface area contributed by atoms with Gasteiger partial charge in [0.1, 0.15) is 8.15 Å². The Bertz CT molecular complexity index is 549. The second kappa shape index (κ2) is 9.83. The van der Waals surface area contributed by atoms with E-state index in [0.717, 1.165) is 42.1 Å². The number of carbonyl (C=O) groups excluding carboxylic acids is 1. The van der Waals surface area contributed by atoms with Crippen molar-refractivity contribution < 1.29 is 9.32 Å². The van der Waals surface area contributed by atoms with Gasteiger partial charge in [-0.05, 0) is 56.1 Å². The molecule has 142 valence electrons. The van der Waals surface area contributed by atoms with E-state index in [0.29, 0.717) is 12.5 Å². The summed E-state index contributed by atoms with van der Waals surface area (Å²) in [4.78, 5) is 13.3. The second-order valence-electron chi connectivity index (χ2n) is 8.70. The predicted molar refractivity (Wildman–Crippen MR) is 111 cm³/mol. The Morgan fingerprint density at radius 3 is 2.20 bits per heavy atom. The molecule has 0 N–H and O–H groups in total. The summed E-state index contributed by atoms with van der Waals surface area (Å²) in [5.41, 5.74) is 4.76. The number of aryl methyl sites for hydroxylation is 3. The molecule has 0 amide bonds. The molecule has 3 heteroatoms. The van der Waals surface area contributed by atoms with Crippen molar-refractivity contribution in [2.45, 2.75) is 74.7 Å². The zero-order chi connectivity index (χ0) is 19.2. The Morgan fingerprint density at radius 1 is 1.16 bits per heavy atom. The molecule has 2 nitrogen and oxygen atoms in total. The van der Waals surface area contributed by atoms with Gasteiger partial charge in [0.25, 0.3) is 0 Å². The van der Waals surface area contributed by atoms with E-state index in [1.807, 2.05) is 13.8 Å². The lowest BCUT2D eigenvalue weighted by Crippen LogP contribution is -2.16. The van der Waals surface area contributed by atoms with E-state index in [2.05, 4.69) is 53.7 Å². The fourth-order valence-electron chi connectivity index (χ4n) is 3.55. The van der Waals surface area contributed by atoms with Gasteiger partial charge < -0.3 is 4.52 Å². The van der Waals surface area contributed by atoms with Crippen molar-refractivity contribution >= 4 is 13.7 Å². The maximum Gasteiger partial charge on any atom is 0.212 e. The van der Waals surface area contributed by atoms with Crippen LogP contribution in [0.4, 0.5) is 0 Å². The van der Waals surface area contributed by atoms with Crippen LogP contribution in [0, 0.1) is 32.1 Å². The minimum absolute atomic E-state index is 0.224. The average Bonchev–Trinajstić information content (AvgIpc) is 2.43. The molecule has 2 unspecified atom stereocenters. The summed E-state index contributed by atoms with van der Waals surface area (Å²) in [5, 5.41) is 0. The molecule has 0 radical (unpaired) electrons. The molecule has 0 saturated carbocycles. The first-order valence-electron chi connectivity index (χ1n) is 9.57. The van der Waals surface area contributed by atoms with Gasteiger partial charge in [-0.2, -0.15) is 0 Å². The number of carbonyl (C=O) groups is 1. The molecule has 0 spiro atoms. The lowest BCUT2D eigenvalue weighted by Gasteiger charge is -2.26. The van der Waals surface area contributed by atoms with E-state index < -0.39 is 8.15 Å². The number of rotatable bonds is 9. The summed E-state index contributed by atoms with van der Waals surface area (Å²) in [7, 11) is -1.08. The molecule has 0 aliphatic heterocycles. The van der Waals surface area contributed by atoms with Gasteiger partial charge in [-0.3, -0.25) is 4.79 Å². The van der Waals surface area contributed by atoms with Crippen molar-refractivity contribution in [3.63, 3.8) is 0 Å². The maximum atomic E-state index is 13.3. The number of unbranched alkanes of at least 4 members (excludes halogenated alkanes) is 1. The third kappa shape index (κ3) is 7.59. The monoisotopic (exact) mass is 364 g/mol. The molecule has 0 fully saturated rings. The summed E-state index contributed by atoms with van der Waals surface area (Å²) in [5.74, 6) is 0.489. The van der Waals surface area contributed by atoms with Crippen molar-refractivity contribution in [2.24, 2.45) is 11.3 Å². The number of benzene rings is 1. The molecule has 2 atom stereocenters. The van der Waals surface area contributed by atoms with Crippen molar-refractivity contribution in [3.05, 3.63) is 34.4 Å². The van der Waals surface area contributed by atoms with Crippen molar-refractivity contribution in [2.75, 3.05) is 12.8 Å². The minimum atomic E-state index is -1.08. The van der Waals surface area contributed by atoms with E-state index in [9.17, 15) is 4.79 Å². The molecule has 1 aromatic carbocycles. The topological polar surface area (TPSA) is 26.3 Å². The lowest BCUT2D eigenvalue weighted by molar-refractivity contribution is 0.106. The first-order chi connectivity index (χ1) is 11.5. The fraction of sp³-hybridized carbons (Fsp3) is 0.682. The zero-order valence-corrected chi connectivity index (χ0v) is 18.4. The van der Waals surface area contributed by atoms with Crippen LogP contribution >= 0.6 is 8.15 Å². The number of hydrogen-bond donors (Lipinski definition) is 0. The Balaban J connectivity index is 3.00. The van der Waals surface area contributed by atoms with Gasteiger partial charge in [0.2, 0.25) is 5.52 Å². The molecular formula is C22H37O2P. The highest BCUT2D eigenvalue weighted by Crippen LogP contribution is 2.45. The SMILES string of the molecule is CCCCOP(CC(C)CC(C)(C)C)C(=O)c1c(C)cc(C)cc1C. The largest absolute Gasteiger partial charge is 0.351 e. The third-order valence-electron chi connectivity index (χ3n) is 4.30. The maximum absolute atomic E-state index is 13.3. The lowest BCUT2D eigenvalue weighted by atomic mass is 9.86. The molecule has 0 heterocycles. The molecular weight excluding hydrogens is 327 g/mol. The van der Waals surface area contributed by atoms with Crippen molar-refractivity contribution in [1.29, 1.82) is 0 Å². The van der Waals surface area contributed by atoms with E-state index in [1.165, 1.54) is 5.56 Å². The van der Waals surface area contributed by atoms with E-state index in [4.69, 9.17) is 4.52 Å². The average molecular weight is 365 g/mol. The zero-order valence-electron chi connectivity index (χ0n) is 17.5. The highest BCUT2D eigenvalue weighted by atomic mass is 31.1. The molecule has 25 heavy (non-hydrogen) atoms. The van der Waals surface area contributed by atoms with Crippen LogP contribution in [-0.4, -0.2) is 18.3 Å². The first kappa shape index (κ1) is 22.3. The quantitative estimate of drug-likeness (QED) is 0.347. The van der Waals surface area contributed by atoms with Gasteiger partial charge in [0.05, 0.1) is 6.61 Å². The summed E-state index contributed by atoms with van der Waals surface area (Å²) in [6.45, 7) is 18.1. The van der Waals surface area contributed by atoms with E-state index in [1.54, 1.807) is 0 Å². The molecule has 0 bridgehead atoms. The standard InChI is InChI=1S/C22H37O2P/c1-9-10-11-24-25(15-17(3)14-22(6,7)8)21(23)20-18(4)12-16(2)13-19(20)5/h12-13,17H,9-11,14-15H2,1-8H3. The van der Waals surface area contributed by atoms with E-state index >= 15 is 0 Å². The van der Waals surface area contributed by atoms with Gasteiger partial charge in [0.15, 0.2) is 0 Å². The molecule has 1 aromatic rings. The Hall–Kier alpha value is -0.720. The fourth-order valence-corrected chi connectivity index (χ4v) is 5.58.